The van der Waals surface area contributed by atoms with E-state index < -0.39 is 5.82 Å². The summed E-state index contributed by atoms with van der Waals surface area (Å²) in [5.74, 6) is 0.324. The van der Waals surface area contributed by atoms with Gasteiger partial charge in [0, 0.05) is 18.3 Å². The highest BCUT2D eigenvalue weighted by Crippen LogP contribution is 2.26. The number of pyridine rings is 1. The van der Waals surface area contributed by atoms with E-state index in [9.17, 15) is 4.39 Å². The van der Waals surface area contributed by atoms with Crippen LogP contribution in [0.1, 0.15) is 13.3 Å². The maximum Gasteiger partial charge on any atom is 0.146 e. The van der Waals surface area contributed by atoms with Gasteiger partial charge >= 0.3 is 0 Å². The van der Waals surface area contributed by atoms with E-state index in [1.807, 2.05) is 6.07 Å². The SMILES string of the molecule is CCCn1c(-c2ccc(N)c(F)c2)nc2cnccc21. The minimum atomic E-state index is -0.421. The minimum Gasteiger partial charge on any atom is -0.396 e. The van der Waals surface area contributed by atoms with Crippen molar-refractivity contribution in [2.45, 2.75) is 19.9 Å². The van der Waals surface area contributed by atoms with Gasteiger partial charge < -0.3 is 10.3 Å². The Morgan fingerprint density at radius 2 is 2.15 bits per heavy atom. The van der Waals surface area contributed by atoms with Crippen molar-refractivity contribution < 1.29 is 4.39 Å². The molecule has 0 aliphatic rings. The van der Waals surface area contributed by atoms with Crippen LogP contribution in [0.3, 0.4) is 0 Å². The molecule has 2 N–H and O–H groups in total. The van der Waals surface area contributed by atoms with Crippen LogP contribution < -0.4 is 5.73 Å². The van der Waals surface area contributed by atoms with Crippen LogP contribution in [0, 0.1) is 5.82 Å². The summed E-state index contributed by atoms with van der Waals surface area (Å²) in [4.78, 5) is 8.65. The number of benzene rings is 1. The van der Waals surface area contributed by atoms with Crippen LogP contribution in [0.4, 0.5) is 10.1 Å². The van der Waals surface area contributed by atoms with Gasteiger partial charge in [-0.3, -0.25) is 4.98 Å². The fraction of sp³-hybridized carbons (Fsp3) is 0.200. The molecule has 1 aromatic carbocycles. The first kappa shape index (κ1) is 12.6. The molecular formula is C15H15FN4. The van der Waals surface area contributed by atoms with Gasteiger partial charge in [0.1, 0.15) is 17.2 Å². The molecule has 5 heteroatoms. The number of rotatable bonds is 3. The third kappa shape index (κ3) is 2.01. The molecule has 0 aliphatic carbocycles. The molecule has 0 aliphatic heterocycles. The summed E-state index contributed by atoms with van der Waals surface area (Å²) in [6, 6.07) is 6.71. The molecule has 3 rings (SSSR count). The first-order valence-electron chi connectivity index (χ1n) is 6.56. The van der Waals surface area contributed by atoms with E-state index in [0.29, 0.717) is 0 Å². The van der Waals surface area contributed by atoms with E-state index in [1.54, 1.807) is 24.5 Å². The van der Waals surface area contributed by atoms with E-state index in [2.05, 4.69) is 21.5 Å². The van der Waals surface area contributed by atoms with E-state index in [0.717, 1.165) is 35.4 Å². The number of aryl methyl sites for hydroxylation is 1. The molecule has 0 fully saturated rings. The van der Waals surface area contributed by atoms with Crippen LogP contribution in [0.5, 0.6) is 0 Å². The molecule has 0 spiro atoms. The molecule has 0 saturated carbocycles. The molecule has 20 heavy (non-hydrogen) atoms. The lowest BCUT2D eigenvalue weighted by Crippen LogP contribution is -2.00. The maximum atomic E-state index is 13.7. The van der Waals surface area contributed by atoms with Gasteiger partial charge in [-0.25, -0.2) is 9.37 Å². The summed E-state index contributed by atoms with van der Waals surface area (Å²) in [5.41, 5.74) is 8.22. The van der Waals surface area contributed by atoms with Gasteiger partial charge in [0.15, 0.2) is 0 Å². The van der Waals surface area contributed by atoms with E-state index in [4.69, 9.17) is 5.73 Å². The van der Waals surface area contributed by atoms with Crippen molar-refractivity contribution in [1.29, 1.82) is 0 Å². The van der Waals surface area contributed by atoms with Crippen LogP contribution in [0.15, 0.2) is 36.7 Å². The first-order chi connectivity index (χ1) is 9.70. The van der Waals surface area contributed by atoms with E-state index in [1.165, 1.54) is 6.07 Å². The predicted molar refractivity (Wildman–Crippen MR) is 77.6 cm³/mol. The Morgan fingerprint density at radius 1 is 1.30 bits per heavy atom. The van der Waals surface area contributed by atoms with Gasteiger partial charge in [-0.05, 0) is 30.7 Å². The summed E-state index contributed by atoms with van der Waals surface area (Å²) in [6.07, 6.45) is 4.43. The second-order valence-electron chi connectivity index (χ2n) is 4.69. The van der Waals surface area contributed by atoms with Gasteiger partial charge in [0.25, 0.3) is 0 Å². The summed E-state index contributed by atoms with van der Waals surface area (Å²) in [6.45, 7) is 2.92. The number of nitrogen functional groups attached to an aromatic ring is 1. The summed E-state index contributed by atoms with van der Waals surface area (Å²) in [5, 5.41) is 0. The third-order valence-electron chi connectivity index (χ3n) is 3.26. The van der Waals surface area contributed by atoms with Gasteiger partial charge in [-0.1, -0.05) is 6.92 Å². The second kappa shape index (κ2) is 4.92. The monoisotopic (exact) mass is 270 g/mol. The number of imidazole rings is 1. The Kier molecular flexibility index (Phi) is 3.10. The number of aromatic nitrogens is 3. The molecule has 0 radical (unpaired) electrons. The zero-order chi connectivity index (χ0) is 14.1. The standard InChI is InChI=1S/C15H15FN4/c1-2-7-20-14-5-6-18-9-13(14)19-15(20)10-3-4-12(17)11(16)8-10/h3-6,8-9H,2,7,17H2,1H3. The topological polar surface area (TPSA) is 56.7 Å². The van der Waals surface area contributed by atoms with Gasteiger partial charge in [0.2, 0.25) is 0 Å². The summed E-state index contributed by atoms with van der Waals surface area (Å²) >= 11 is 0. The van der Waals surface area contributed by atoms with E-state index >= 15 is 0 Å². The predicted octanol–water partition coefficient (Wildman–Crippen LogP) is 3.23. The molecule has 3 aromatic rings. The number of nitrogens with zero attached hydrogens (tertiary/aromatic N) is 3. The molecule has 102 valence electrons. The average molecular weight is 270 g/mol. The van der Waals surface area contributed by atoms with Crippen molar-refractivity contribution in [2.24, 2.45) is 0 Å². The first-order valence-corrected chi connectivity index (χ1v) is 6.56. The summed E-state index contributed by atoms with van der Waals surface area (Å²) < 4.78 is 15.7. The molecular weight excluding hydrogens is 255 g/mol. The largest absolute Gasteiger partial charge is 0.396 e. The molecule has 0 atom stereocenters. The average Bonchev–Trinajstić information content (AvgIpc) is 2.82. The maximum absolute atomic E-state index is 13.7. The van der Waals surface area contributed by atoms with Crippen LogP contribution in [0.2, 0.25) is 0 Å². The van der Waals surface area contributed by atoms with Gasteiger partial charge in [-0.15, -0.1) is 0 Å². The zero-order valence-electron chi connectivity index (χ0n) is 11.2. The van der Waals surface area contributed by atoms with Crippen LogP contribution in [-0.2, 0) is 6.54 Å². The number of nitrogens with two attached hydrogens (primary N) is 1. The second-order valence-corrected chi connectivity index (χ2v) is 4.69. The lowest BCUT2D eigenvalue weighted by Gasteiger charge is -2.08. The van der Waals surface area contributed by atoms with Crippen molar-refractivity contribution in [2.75, 3.05) is 5.73 Å². The number of anilines is 1. The Balaban J connectivity index is 2.23. The van der Waals surface area contributed by atoms with Crippen molar-refractivity contribution in [3.05, 3.63) is 42.5 Å². The van der Waals surface area contributed by atoms with Crippen molar-refractivity contribution in [3.63, 3.8) is 0 Å². The fourth-order valence-electron chi connectivity index (χ4n) is 2.32. The highest BCUT2D eigenvalue weighted by atomic mass is 19.1. The molecule has 2 heterocycles. The lowest BCUT2D eigenvalue weighted by atomic mass is 10.2. The van der Waals surface area contributed by atoms with Gasteiger partial charge in [0.05, 0.1) is 17.4 Å². The third-order valence-corrected chi connectivity index (χ3v) is 3.26. The number of fused-ring (bicyclic) bond motifs is 1. The van der Waals surface area contributed by atoms with Crippen LogP contribution in [-0.4, -0.2) is 14.5 Å². The smallest absolute Gasteiger partial charge is 0.146 e. The molecule has 0 saturated heterocycles. The molecule has 0 unspecified atom stereocenters. The summed E-state index contributed by atoms with van der Waals surface area (Å²) in [7, 11) is 0. The minimum absolute atomic E-state index is 0.147. The highest BCUT2D eigenvalue weighted by molar-refractivity contribution is 5.80. The number of hydrogen-bond donors (Lipinski definition) is 1. The zero-order valence-corrected chi connectivity index (χ0v) is 11.2. The Bertz CT molecular complexity index is 764. The van der Waals surface area contributed by atoms with Crippen molar-refractivity contribution >= 4 is 16.7 Å². The van der Waals surface area contributed by atoms with Crippen molar-refractivity contribution in [1.82, 2.24) is 14.5 Å². The van der Waals surface area contributed by atoms with Crippen LogP contribution >= 0.6 is 0 Å². The number of hydrogen-bond acceptors (Lipinski definition) is 3. The highest BCUT2D eigenvalue weighted by Gasteiger charge is 2.13. The lowest BCUT2D eigenvalue weighted by molar-refractivity contribution is 0.632. The molecule has 4 nitrogen and oxygen atoms in total. The number of halogens is 1. The van der Waals surface area contributed by atoms with Crippen LogP contribution in [0.25, 0.3) is 22.4 Å². The Labute approximate surface area is 116 Å². The molecule has 0 bridgehead atoms. The van der Waals surface area contributed by atoms with E-state index in [-0.39, 0.29) is 5.69 Å². The van der Waals surface area contributed by atoms with Crippen molar-refractivity contribution in [3.8, 4) is 11.4 Å². The normalized spacial score (nSPS) is 11.1. The molecule has 0 amide bonds. The van der Waals surface area contributed by atoms with Gasteiger partial charge in [-0.2, -0.15) is 0 Å². The Morgan fingerprint density at radius 3 is 2.90 bits per heavy atom. The fourth-order valence-corrected chi connectivity index (χ4v) is 2.32. The molecule has 2 aromatic heterocycles. The quantitative estimate of drug-likeness (QED) is 0.743. The Hall–Kier alpha value is -2.43.